The average Bonchev–Trinajstić information content (AvgIpc) is 2.96. The number of rotatable bonds is 6. The molecule has 0 aliphatic carbocycles. The molecule has 0 saturated heterocycles. The number of benzene rings is 2. The Hall–Kier alpha value is -2.89. The minimum Gasteiger partial charge on any atom is -0.481 e. The van der Waals surface area contributed by atoms with Crippen LogP contribution in [0, 0.1) is 0 Å². The van der Waals surface area contributed by atoms with E-state index in [0.29, 0.717) is 13.1 Å². The quantitative estimate of drug-likeness (QED) is 0.757. The van der Waals surface area contributed by atoms with Crippen LogP contribution < -0.4 is 4.90 Å². The van der Waals surface area contributed by atoms with Crippen molar-refractivity contribution in [1.82, 2.24) is 15.0 Å². The number of anilines is 1. The molecule has 0 bridgehead atoms. The van der Waals surface area contributed by atoms with Gasteiger partial charge in [-0.3, -0.25) is 4.79 Å². The maximum Gasteiger partial charge on any atom is 0.305 e. The Morgan fingerprint density at radius 3 is 2.74 bits per heavy atom. The summed E-state index contributed by atoms with van der Waals surface area (Å²) in [5.74, 6) is -0.799. The predicted molar refractivity (Wildman–Crippen MR) is 88.6 cm³/mol. The highest BCUT2D eigenvalue weighted by atomic mass is 16.4. The van der Waals surface area contributed by atoms with Gasteiger partial charge in [-0.25, -0.2) is 4.68 Å². The van der Waals surface area contributed by atoms with E-state index in [-0.39, 0.29) is 6.42 Å². The first-order chi connectivity index (χ1) is 11.1. The molecule has 3 aromatic rings. The van der Waals surface area contributed by atoms with Crippen LogP contribution in [0.25, 0.3) is 11.0 Å². The number of carbonyl (C=O) groups is 1. The van der Waals surface area contributed by atoms with E-state index < -0.39 is 5.97 Å². The van der Waals surface area contributed by atoms with Gasteiger partial charge in [0.15, 0.2) is 0 Å². The summed E-state index contributed by atoms with van der Waals surface area (Å²) in [5, 5.41) is 17.2. The van der Waals surface area contributed by atoms with Gasteiger partial charge < -0.3 is 10.0 Å². The Morgan fingerprint density at radius 2 is 2.00 bits per heavy atom. The van der Waals surface area contributed by atoms with Gasteiger partial charge in [-0.15, -0.1) is 5.10 Å². The molecule has 0 radical (unpaired) electrons. The number of carboxylic acids is 1. The zero-order chi connectivity index (χ0) is 16.2. The Bertz CT molecular complexity index is 814. The number of fused-ring (bicyclic) bond motifs is 1. The van der Waals surface area contributed by atoms with Crippen molar-refractivity contribution in [3.8, 4) is 0 Å². The van der Waals surface area contributed by atoms with Crippen molar-refractivity contribution in [2.45, 2.75) is 13.0 Å². The molecule has 0 aliphatic rings. The lowest BCUT2D eigenvalue weighted by molar-refractivity contribution is -0.136. The third-order valence-electron chi connectivity index (χ3n) is 3.77. The number of aliphatic carboxylic acids is 1. The molecule has 0 fully saturated rings. The van der Waals surface area contributed by atoms with Gasteiger partial charge in [-0.1, -0.05) is 35.5 Å². The Morgan fingerprint density at radius 1 is 1.22 bits per heavy atom. The van der Waals surface area contributed by atoms with E-state index in [1.54, 1.807) is 0 Å². The highest BCUT2D eigenvalue weighted by Gasteiger charge is 2.09. The number of aromatic nitrogens is 3. The van der Waals surface area contributed by atoms with Crippen LogP contribution >= 0.6 is 0 Å². The highest BCUT2D eigenvalue weighted by molar-refractivity contribution is 5.79. The summed E-state index contributed by atoms with van der Waals surface area (Å²) in [5.41, 5.74) is 3.87. The fourth-order valence-electron chi connectivity index (χ4n) is 2.46. The first-order valence-electron chi connectivity index (χ1n) is 7.43. The van der Waals surface area contributed by atoms with Gasteiger partial charge in [0.05, 0.1) is 18.5 Å². The van der Waals surface area contributed by atoms with E-state index >= 15 is 0 Å². The van der Waals surface area contributed by atoms with Crippen LogP contribution in [0.3, 0.4) is 0 Å². The summed E-state index contributed by atoms with van der Waals surface area (Å²) in [6, 6.07) is 16.0. The lowest BCUT2D eigenvalue weighted by atomic mass is 10.2. The van der Waals surface area contributed by atoms with Crippen molar-refractivity contribution >= 4 is 22.7 Å². The molecule has 1 aromatic heterocycles. The van der Waals surface area contributed by atoms with Crippen LogP contribution in [0.2, 0.25) is 0 Å². The van der Waals surface area contributed by atoms with Crippen LogP contribution in [-0.2, 0) is 11.3 Å². The Labute approximate surface area is 134 Å². The van der Waals surface area contributed by atoms with Crippen LogP contribution in [0.15, 0.2) is 48.5 Å². The largest absolute Gasteiger partial charge is 0.481 e. The molecule has 6 heteroatoms. The topological polar surface area (TPSA) is 71.2 Å². The van der Waals surface area contributed by atoms with Crippen LogP contribution in [0.4, 0.5) is 5.69 Å². The zero-order valence-corrected chi connectivity index (χ0v) is 12.9. The number of carboxylic acid groups (broad SMARTS) is 1. The zero-order valence-electron chi connectivity index (χ0n) is 12.9. The molecule has 3 rings (SSSR count). The lowest BCUT2D eigenvalue weighted by Gasteiger charge is -2.18. The smallest absolute Gasteiger partial charge is 0.305 e. The minimum absolute atomic E-state index is 0.106. The van der Waals surface area contributed by atoms with Crippen molar-refractivity contribution in [2.24, 2.45) is 0 Å². The van der Waals surface area contributed by atoms with Gasteiger partial charge in [0.25, 0.3) is 0 Å². The van der Waals surface area contributed by atoms with E-state index in [4.69, 9.17) is 5.11 Å². The van der Waals surface area contributed by atoms with Crippen LogP contribution in [0.5, 0.6) is 0 Å². The second-order valence-corrected chi connectivity index (χ2v) is 5.47. The SMILES string of the molecule is CN(CCC(=O)O)c1ccc2c(c1)nnn2Cc1ccccc1. The third-order valence-corrected chi connectivity index (χ3v) is 3.77. The van der Waals surface area contributed by atoms with Crippen molar-refractivity contribution in [3.63, 3.8) is 0 Å². The van der Waals surface area contributed by atoms with Crippen molar-refractivity contribution in [3.05, 3.63) is 54.1 Å². The fraction of sp³-hybridized carbons (Fsp3) is 0.235. The summed E-state index contributed by atoms with van der Waals surface area (Å²) in [4.78, 5) is 12.6. The molecular formula is C17H18N4O2. The first kappa shape index (κ1) is 15.0. The van der Waals surface area contributed by atoms with Gasteiger partial charge in [0.1, 0.15) is 5.52 Å². The molecule has 6 nitrogen and oxygen atoms in total. The van der Waals surface area contributed by atoms with E-state index in [9.17, 15) is 4.79 Å². The number of nitrogens with zero attached hydrogens (tertiary/aromatic N) is 4. The molecule has 0 unspecified atom stereocenters. The van der Waals surface area contributed by atoms with E-state index in [2.05, 4.69) is 22.4 Å². The van der Waals surface area contributed by atoms with Crippen molar-refractivity contribution in [1.29, 1.82) is 0 Å². The monoisotopic (exact) mass is 310 g/mol. The van der Waals surface area contributed by atoms with Gasteiger partial charge in [0.2, 0.25) is 0 Å². The summed E-state index contributed by atoms with van der Waals surface area (Å²) in [6.07, 6.45) is 0.106. The van der Waals surface area contributed by atoms with E-state index in [1.165, 1.54) is 5.56 Å². The van der Waals surface area contributed by atoms with Crippen molar-refractivity contribution < 1.29 is 9.90 Å². The first-order valence-corrected chi connectivity index (χ1v) is 7.43. The standard InChI is InChI=1S/C17H18N4O2/c1-20(10-9-17(22)23)14-7-8-16-15(11-14)18-19-21(16)12-13-5-3-2-4-6-13/h2-8,11H,9-10,12H2,1H3,(H,22,23). The van der Waals surface area contributed by atoms with Gasteiger partial charge in [0, 0.05) is 19.3 Å². The Balaban J connectivity index is 1.81. The molecule has 118 valence electrons. The maximum absolute atomic E-state index is 10.7. The molecule has 0 aliphatic heterocycles. The van der Waals surface area contributed by atoms with Crippen LogP contribution in [0.1, 0.15) is 12.0 Å². The molecule has 2 aromatic carbocycles. The molecule has 0 atom stereocenters. The van der Waals surface area contributed by atoms with E-state index in [0.717, 1.165) is 16.7 Å². The summed E-state index contributed by atoms with van der Waals surface area (Å²) >= 11 is 0. The number of hydrogen-bond acceptors (Lipinski definition) is 4. The normalized spacial score (nSPS) is 10.8. The molecule has 23 heavy (non-hydrogen) atoms. The van der Waals surface area contributed by atoms with E-state index in [1.807, 2.05) is 53.0 Å². The maximum atomic E-state index is 10.7. The second-order valence-electron chi connectivity index (χ2n) is 5.47. The molecule has 0 spiro atoms. The minimum atomic E-state index is -0.799. The molecule has 1 heterocycles. The molecule has 1 N–H and O–H groups in total. The molecular weight excluding hydrogens is 292 g/mol. The Kier molecular flexibility index (Phi) is 4.23. The lowest BCUT2D eigenvalue weighted by Crippen LogP contribution is -2.20. The highest BCUT2D eigenvalue weighted by Crippen LogP contribution is 2.20. The third kappa shape index (κ3) is 3.48. The van der Waals surface area contributed by atoms with Crippen molar-refractivity contribution in [2.75, 3.05) is 18.5 Å². The summed E-state index contributed by atoms with van der Waals surface area (Å²) < 4.78 is 1.87. The van der Waals surface area contributed by atoms with Gasteiger partial charge >= 0.3 is 5.97 Å². The number of hydrogen-bond donors (Lipinski definition) is 1. The fourth-order valence-corrected chi connectivity index (χ4v) is 2.46. The predicted octanol–water partition coefficient (Wildman–Crippen LogP) is 2.39. The summed E-state index contributed by atoms with van der Waals surface area (Å²) in [7, 11) is 1.87. The van der Waals surface area contributed by atoms with Crippen LogP contribution in [-0.4, -0.2) is 39.7 Å². The second kappa shape index (κ2) is 6.48. The van der Waals surface area contributed by atoms with Gasteiger partial charge in [-0.2, -0.15) is 0 Å². The average molecular weight is 310 g/mol. The summed E-state index contributed by atoms with van der Waals surface area (Å²) in [6.45, 7) is 1.13. The van der Waals surface area contributed by atoms with Gasteiger partial charge in [-0.05, 0) is 23.8 Å². The molecule has 0 saturated carbocycles. The molecule has 0 amide bonds.